The molecule has 0 saturated carbocycles. The van der Waals surface area contributed by atoms with Gasteiger partial charge in [-0.3, -0.25) is 4.79 Å². The van der Waals surface area contributed by atoms with E-state index in [-0.39, 0.29) is 0 Å². The van der Waals surface area contributed by atoms with Crippen molar-refractivity contribution >= 4 is 22.2 Å². The summed E-state index contributed by atoms with van der Waals surface area (Å²) >= 11 is 1.40. The molecule has 0 aliphatic rings. The predicted molar refractivity (Wildman–Crippen MR) is 85.9 cm³/mol. The van der Waals surface area contributed by atoms with Gasteiger partial charge in [-0.25, -0.2) is 0 Å². The Bertz CT molecular complexity index is 587. The highest BCUT2D eigenvalue weighted by Gasteiger charge is 2.12. The minimum Gasteiger partial charge on any atom is -0.390 e. The molecule has 4 N–H and O–H groups in total. The van der Waals surface area contributed by atoms with Crippen molar-refractivity contribution in [3.8, 4) is 10.4 Å². The Balaban J connectivity index is 2.13. The lowest BCUT2D eigenvalue weighted by Gasteiger charge is -2.02. The van der Waals surface area contributed by atoms with Gasteiger partial charge in [0.05, 0.1) is 10.6 Å². The topological polar surface area (TPSA) is 69.1 Å². The number of anilines is 1. The van der Waals surface area contributed by atoms with E-state index in [2.05, 4.69) is 31.2 Å². The number of hydrogen-bond donors (Lipinski definition) is 2. The number of nitrogens with two attached hydrogens (primary N) is 2. The lowest BCUT2D eigenvalue weighted by atomic mass is 10.0. The summed E-state index contributed by atoms with van der Waals surface area (Å²) in [6, 6.07) is 10.2. The number of unbranched alkanes of at least 4 members (excludes halogenated alkanes) is 2. The van der Waals surface area contributed by atoms with Crippen LogP contribution in [0.4, 0.5) is 5.00 Å². The Morgan fingerprint density at radius 3 is 2.45 bits per heavy atom. The zero-order chi connectivity index (χ0) is 14.5. The Kier molecular flexibility index (Phi) is 4.79. The lowest BCUT2D eigenvalue weighted by Crippen LogP contribution is -2.11. The summed E-state index contributed by atoms with van der Waals surface area (Å²) in [5, 5.41) is 0.486. The van der Waals surface area contributed by atoms with Gasteiger partial charge in [-0.1, -0.05) is 44.0 Å². The Morgan fingerprint density at radius 2 is 1.90 bits per heavy atom. The van der Waals surface area contributed by atoms with Crippen molar-refractivity contribution < 1.29 is 4.79 Å². The van der Waals surface area contributed by atoms with Crippen LogP contribution in [0.3, 0.4) is 0 Å². The highest BCUT2D eigenvalue weighted by atomic mass is 32.1. The number of carbonyl (C=O) groups excluding carboxylic acids is 1. The molecule has 2 rings (SSSR count). The van der Waals surface area contributed by atoms with Gasteiger partial charge >= 0.3 is 0 Å². The number of benzene rings is 1. The SMILES string of the molecule is CCCCCc1ccc(-c2cc(C(N)=O)c(N)s2)cc1. The maximum Gasteiger partial charge on any atom is 0.251 e. The van der Waals surface area contributed by atoms with Gasteiger partial charge in [-0.05, 0) is 30.0 Å². The third-order valence-electron chi connectivity index (χ3n) is 3.33. The van der Waals surface area contributed by atoms with E-state index < -0.39 is 5.91 Å². The molecule has 0 fully saturated rings. The minimum atomic E-state index is -0.471. The van der Waals surface area contributed by atoms with E-state index in [1.165, 1.54) is 36.2 Å². The number of primary amides is 1. The predicted octanol–water partition coefficient (Wildman–Crippen LogP) is 3.83. The smallest absolute Gasteiger partial charge is 0.251 e. The number of aryl methyl sites for hydroxylation is 1. The van der Waals surface area contributed by atoms with Crippen LogP contribution < -0.4 is 11.5 Å². The van der Waals surface area contributed by atoms with Gasteiger partial charge in [0.15, 0.2) is 0 Å². The summed E-state index contributed by atoms with van der Waals surface area (Å²) in [6.07, 6.45) is 4.86. The van der Waals surface area contributed by atoms with E-state index in [0.717, 1.165) is 16.9 Å². The molecule has 1 aromatic heterocycles. The molecular formula is C16H20N2OS. The van der Waals surface area contributed by atoms with Crippen LogP contribution in [0.2, 0.25) is 0 Å². The van der Waals surface area contributed by atoms with Gasteiger partial charge in [0.1, 0.15) is 0 Å². The largest absolute Gasteiger partial charge is 0.390 e. The van der Waals surface area contributed by atoms with E-state index >= 15 is 0 Å². The quantitative estimate of drug-likeness (QED) is 0.793. The second kappa shape index (κ2) is 6.57. The summed E-state index contributed by atoms with van der Waals surface area (Å²) in [5.41, 5.74) is 13.9. The Hall–Kier alpha value is -1.81. The monoisotopic (exact) mass is 288 g/mol. The van der Waals surface area contributed by atoms with Crippen LogP contribution in [0.1, 0.15) is 42.1 Å². The van der Waals surface area contributed by atoms with Gasteiger partial charge in [0, 0.05) is 4.88 Å². The number of amides is 1. The van der Waals surface area contributed by atoms with Crippen molar-refractivity contribution in [2.24, 2.45) is 5.73 Å². The Labute approximate surface area is 123 Å². The van der Waals surface area contributed by atoms with Crippen molar-refractivity contribution in [1.82, 2.24) is 0 Å². The number of rotatable bonds is 6. The highest BCUT2D eigenvalue weighted by Crippen LogP contribution is 2.33. The fraction of sp³-hybridized carbons (Fsp3) is 0.312. The van der Waals surface area contributed by atoms with E-state index in [1.54, 1.807) is 6.07 Å². The van der Waals surface area contributed by atoms with Crippen LogP contribution in [0, 0.1) is 0 Å². The van der Waals surface area contributed by atoms with Crippen molar-refractivity contribution in [2.75, 3.05) is 5.73 Å². The summed E-state index contributed by atoms with van der Waals surface area (Å²) < 4.78 is 0. The first kappa shape index (κ1) is 14.6. The fourth-order valence-electron chi connectivity index (χ4n) is 2.15. The summed E-state index contributed by atoms with van der Waals surface area (Å²) in [4.78, 5) is 12.2. The minimum absolute atomic E-state index is 0.414. The first-order valence-corrected chi connectivity index (χ1v) is 7.72. The molecule has 0 spiro atoms. The van der Waals surface area contributed by atoms with Crippen LogP contribution in [-0.4, -0.2) is 5.91 Å². The maximum absolute atomic E-state index is 11.2. The second-order valence-electron chi connectivity index (χ2n) is 4.91. The highest BCUT2D eigenvalue weighted by molar-refractivity contribution is 7.19. The van der Waals surface area contributed by atoms with Crippen LogP contribution in [-0.2, 0) is 6.42 Å². The van der Waals surface area contributed by atoms with Gasteiger partial charge in [-0.2, -0.15) is 0 Å². The van der Waals surface area contributed by atoms with Gasteiger partial charge in [-0.15, -0.1) is 11.3 Å². The molecule has 0 atom stereocenters. The molecule has 1 aromatic carbocycles. The number of thiophene rings is 1. The van der Waals surface area contributed by atoms with Gasteiger partial charge in [0.2, 0.25) is 0 Å². The van der Waals surface area contributed by atoms with Crippen LogP contribution in [0.25, 0.3) is 10.4 Å². The molecule has 3 nitrogen and oxygen atoms in total. The van der Waals surface area contributed by atoms with Gasteiger partial charge in [0.25, 0.3) is 5.91 Å². The third kappa shape index (κ3) is 3.39. The normalized spacial score (nSPS) is 10.7. The first-order valence-electron chi connectivity index (χ1n) is 6.90. The second-order valence-corrected chi connectivity index (χ2v) is 5.99. The number of hydrogen-bond acceptors (Lipinski definition) is 3. The standard InChI is InChI=1S/C16H20N2OS/c1-2-3-4-5-11-6-8-12(9-7-11)14-10-13(15(17)19)16(18)20-14/h6-10H,2-5,18H2,1H3,(H2,17,19). The number of carbonyl (C=O) groups is 1. The first-order chi connectivity index (χ1) is 9.61. The molecule has 0 aliphatic carbocycles. The molecule has 0 unspecified atom stereocenters. The molecule has 20 heavy (non-hydrogen) atoms. The molecule has 106 valence electrons. The van der Waals surface area contributed by atoms with Crippen LogP contribution in [0.15, 0.2) is 30.3 Å². The van der Waals surface area contributed by atoms with Crippen LogP contribution in [0.5, 0.6) is 0 Å². The van der Waals surface area contributed by atoms with Crippen molar-refractivity contribution in [1.29, 1.82) is 0 Å². The molecule has 1 heterocycles. The fourth-order valence-corrected chi connectivity index (χ4v) is 3.09. The van der Waals surface area contributed by atoms with Crippen molar-refractivity contribution in [3.05, 3.63) is 41.5 Å². The molecule has 0 aliphatic heterocycles. The average molecular weight is 288 g/mol. The average Bonchev–Trinajstić information content (AvgIpc) is 2.82. The summed E-state index contributed by atoms with van der Waals surface area (Å²) in [5.74, 6) is -0.471. The third-order valence-corrected chi connectivity index (χ3v) is 4.35. The molecular weight excluding hydrogens is 268 g/mol. The van der Waals surface area contributed by atoms with Crippen molar-refractivity contribution in [3.63, 3.8) is 0 Å². The molecule has 0 bridgehead atoms. The molecule has 0 radical (unpaired) electrons. The van der Waals surface area contributed by atoms with E-state index in [9.17, 15) is 4.79 Å². The van der Waals surface area contributed by atoms with Gasteiger partial charge < -0.3 is 11.5 Å². The van der Waals surface area contributed by atoms with Crippen LogP contribution >= 0.6 is 11.3 Å². The van der Waals surface area contributed by atoms with Crippen molar-refractivity contribution in [2.45, 2.75) is 32.6 Å². The summed E-state index contributed by atoms with van der Waals surface area (Å²) in [7, 11) is 0. The molecule has 4 heteroatoms. The number of nitrogen functional groups attached to an aromatic ring is 1. The van der Waals surface area contributed by atoms with E-state index in [0.29, 0.717) is 10.6 Å². The zero-order valence-electron chi connectivity index (χ0n) is 11.7. The maximum atomic E-state index is 11.2. The van der Waals surface area contributed by atoms with E-state index in [4.69, 9.17) is 11.5 Å². The zero-order valence-corrected chi connectivity index (χ0v) is 12.5. The lowest BCUT2D eigenvalue weighted by molar-refractivity contribution is 0.100. The Morgan fingerprint density at radius 1 is 1.20 bits per heavy atom. The van der Waals surface area contributed by atoms with E-state index in [1.807, 2.05) is 0 Å². The molecule has 0 saturated heterocycles. The summed E-state index contributed by atoms with van der Waals surface area (Å²) in [6.45, 7) is 2.21. The molecule has 1 amide bonds. The molecule has 2 aromatic rings.